The Kier molecular flexibility index (Phi) is 9.72. The molecule has 0 radical (unpaired) electrons. The molecule has 2 atom stereocenters. The van der Waals surface area contributed by atoms with Crippen molar-refractivity contribution in [3.05, 3.63) is 12.7 Å². The summed E-state index contributed by atoms with van der Waals surface area (Å²) >= 11 is 0. The van der Waals surface area contributed by atoms with Crippen LogP contribution in [0.25, 0.3) is 0 Å². The maximum Gasteiger partial charge on any atom is 0.251 e. The van der Waals surface area contributed by atoms with Crippen molar-refractivity contribution in [1.29, 1.82) is 0 Å². The van der Waals surface area contributed by atoms with Gasteiger partial charge < -0.3 is 10.1 Å². The maximum absolute atomic E-state index is 12.1. The normalized spacial score (nSPS) is 14.1. The van der Waals surface area contributed by atoms with Crippen molar-refractivity contribution in [2.24, 2.45) is 0 Å². The minimum Gasteiger partial charge on any atom is -0.379 e. The van der Waals surface area contributed by atoms with Gasteiger partial charge in [-0.15, -0.1) is 6.58 Å². The first-order chi connectivity index (χ1) is 8.19. The average Bonchev–Trinajstić information content (AvgIpc) is 2.36. The van der Waals surface area contributed by atoms with Crippen molar-refractivity contribution in [2.45, 2.75) is 51.2 Å². The molecule has 4 heteroatoms. The van der Waals surface area contributed by atoms with E-state index in [1.807, 2.05) is 0 Å². The standard InChI is InChI=1S/C13H24FNO2/c1-4-6-7-8-9-12(17-3)11(5-2)15-13(16)10-14/h5,11-12H,2,4,6-10H2,1,3H3,(H,15,16)/t11-,12+/m1/s1. The fourth-order valence-corrected chi connectivity index (χ4v) is 1.74. The van der Waals surface area contributed by atoms with Crippen LogP contribution in [0.15, 0.2) is 12.7 Å². The highest BCUT2D eigenvalue weighted by Gasteiger charge is 2.19. The number of rotatable bonds is 10. The van der Waals surface area contributed by atoms with Crippen LogP contribution >= 0.6 is 0 Å². The molecule has 0 spiro atoms. The first-order valence-electron chi connectivity index (χ1n) is 6.20. The Labute approximate surface area is 103 Å². The number of amides is 1. The van der Waals surface area contributed by atoms with E-state index in [4.69, 9.17) is 4.74 Å². The van der Waals surface area contributed by atoms with Crippen LogP contribution in [0.1, 0.15) is 39.0 Å². The molecular formula is C13H24FNO2. The first-order valence-corrected chi connectivity index (χ1v) is 6.20. The fraction of sp³-hybridized carbons (Fsp3) is 0.769. The van der Waals surface area contributed by atoms with Gasteiger partial charge in [0.25, 0.3) is 5.91 Å². The molecule has 0 aliphatic heterocycles. The molecule has 0 aromatic rings. The van der Waals surface area contributed by atoms with E-state index in [0.717, 1.165) is 19.3 Å². The minimum absolute atomic E-state index is 0.125. The molecule has 0 rings (SSSR count). The highest BCUT2D eigenvalue weighted by atomic mass is 19.1. The number of nitrogens with one attached hydrogen (secondary N) is 1. The highest BCUT2D eigenvalue weighted by molar-refractivity contribution is 5.77. The molecule has 0 saturated carbocycles. The van der Waals surface area contributed by atoms with E-state index in [2.05, 4.69) is 18.8 Å². The van der Waals surface area contributed by atoms with Crippen LogP contribution < -0.4 is 5.32 Å². The lowest BCUT2D eigenvalue weighted by Crippen LogP contribution is -2.43. The van der Waals surface area contributed by atoms with Gasteiger partial charge in [-0.3, -0.25) is 4.79 Å². The van der Waals surface area contributed by atoms with Crippen molar-refractivity contribution in [3.63, 3.8) is 0 Å². The van der Waals surface area contributed by atoms with E-state index in [9.17, 15) is 9.18 Å². The van der Waals surface area contributed by atoms with Crippen molar-refractivity contribution < 1.29 is 13.9 Å². The molecule has 0 aromatic carbocycles. The third kappa shape index (κ3) is 7.10. The number of hydrogen-bond acceptors (Lipinski definition) is 2. The van der Waals surface area contributed by atoms with E-state index in [1.54, 1.807) is 13.2 Å². The molecule has 0 fully saturated rings. The van der Waals surface area contributed by atoms with Gasteiger partial charge in [-0.1, -0.05) is 38.7 Å². The Morgan fingerprint density at radius 2 is 2.18 bits per heavy atom. The zero-order valence-electron chi connectivity index (χ0n) is 10.9. The molecule has 0 aliphatic carbocycles. The zero-order valence-corrected chi connectivity index (χ0v) is 10.9. The number of ether oxygens (including phenoxy) is 1. The number of alkyl halides is 1. The summed E-state index contributed by atoms with van der Waals surface area (Å²) in [5, 5.41) is 2.55. The largest absolute Gasteiger partial charge is 0.379 e. The van der Waals surface area contributed by atoms with Gasteiger partial charge in [0, 0.05) is 7.11 Å². The number of halogens is 1. The van der Waals surface area contributed by atoms with Crippen LogP contribution in [0.2, 0.25) is 0 Å². The zero-order chi connectivity index (χ0) is 13.1. The number of methoxy groups -OCH3 is 1. The molecule has 0 aliphatic rings. The molecule has 0 heterocycles. The van der Waals surface area contributed by atoms with Gasteiger partial charge in [-0.05, 0) is 6.42 Å². The van der Waals surface area contributed by atoms with Gasteiger partial charge >= 0.3 is 0 Å². The number of hydrogen-bond donors (Lipinski definition) is 1. The van der Waals surface area contributed by atoms with E-state index in [0.29, 0.717) is 0 Å². The summed E-state index contributed by atoms with van der Waals surface area (Å²) < 4.78 is 17.4. The quantitative estimate of drug-likeness (QED) is 0.474. The van der Waals surface area contributed by atoms with Crippen LogP contribution in [-0.2, 0) is 9.53 Å². The lowest BCUT2D eigenvalue weighted by atomic mass is 10.0. The Balaban J connectivity index is 4.09. The summed E-state index contributed by atoms with van der Waals surface area (Å²) in [6.07, 6.45) is 6.90. The number of carbonyl (C=O) groups excluding carboxylic acids is 1. The van der Waals surface area contributed by atoms with E-state index < -0.39 is 12.6 Å². The van der Waals surface area contributed by atoms with Gasteiger partial charge in [0.1, 0.15) is 0 Å². The average molecular weight is 245 g/mol. The van der Waals surface area contributed by atoms with Gasteiger partial charge in [0.15, 0.2) is 6.67 Å². The van der Waals surface area contributed by atoms with Crippen molar-refractivity contribution in [1.82, 2.24) is 5.32 Å². The van der Waals surface area contributed by atoms with Gasteiger partial charge in [-0.25, -0.2) is 4.39 Å². The summed E-state index contributed by atoms with van der Waals surface area (Å²) in [6, 6.07) is -0.315. The van der Waals surface area contributed by atoms with Crippen molar-refractivity contribution >= 4 is 5.91 Å². The van der Waals surface area contributed by atoms with Crippen LogP contribution in [0.4, 0.5) is 4.39 Å². The van der Waals surface area contributed by atoms with E-state index in [-0.39, 0.29) is 12.1 Å². The maximum atomic E-state index is 12.1. The predicted octanol–water partition coefficient (Wildman–Crippen LogP) is 2.61. The van der Waals surface area contributed by atoms with Crippen molar-refractivity contribution in [2.75, 3.05) is 13.8 Å². The second-order valence-electron chi connectivity index (χ2n) is 4.09. The highest BCUT2D eigenvalue weighted by Crippen LogP contribution is 2.11. The second kappa shape index (κ2) is 10.3. The third-order valence-electron chi connectivity index (χ3n) is 2.75. The van der Waals surface area contributed by atoms with Gasteiger partial charge in [-0.2, -0.15) is 0 Å². The molecule has 0 bridgehead atoms. The molecule has 0 aromatic heterocycles. The smallest absolute Gasteiger partial charge is 0.251 e. The van der Waals surface area contributed by atoms with Crippen LogP contribution in [0.3, 0.4) is 0 Å². The van der Waals surface area contributed by atoms with E-state index in [1.165, 1.54) is 12.8 Å². The summed E-state index contributed by atoms with van der Waals surface area (Å²) in [4.78, 5) is 11.0. The molecule has 17 heavy (non-hydrogen) atoms. The van der Waals surface area contributed by atoms with E-state index >= 15 is 0 Å². The molecule has 1 N–H and O–H groups in total. The predicted molar refractivity (Wildman–Crippen MR) is 67.7 cm³/mol. The topological polar surface area (TPSA) is 38.3 Å². The Morgan fingerprint density at radius 3 is 2.65 bits per heavy atom. The van der Waals surface area contributed by atoms with Crippen LogP contribution in [0.5, 0.6) is 0 Å². The minimum atomic E-state index is -1.00. The summed E-state index contributed by atoms with van der Waals surface area (Å²) in [7, 11) is 1.60. The monoisotopic (exact) mass is 245 g/mol. The van der Waals surface area contributed by atoms with Crippen molar-refractivity contribution in [3.8, 4) is 0 Å². The molecular weight excluding hydrogens is 221 g/mol. The summed E-state index contributed by atoms with van der Waals surface area (Å²) in [5.41, 5.74) is 0. The van der Waals surface area contributed by atoms with Gasteiger partial charge in [0.05, 0.1) is 12.1 Å². The van der Waals surface area contributed by atoms with Crippen LogP contribution in [0, 0.1) is 0 Å². The SMILES string of the molecule is C=C[C@@H](NC(=O)CF)[C@H](CCCCCC)OC. The number of unbranched alkanes of at least 4 members (excludes halogenated alkanes) is 3. The lowest BCUT2D eigenvalue weighted by Gasteiger charge is -2.24. The lowest BCUT2D eigenvalue weighted by molar-refractivity contribution is -0.123. The molecule has 1 amide bonds. The molecule has 100 valence electrons. The molecule has 0 unspecified atom stereocenters. The Bertz CT molecular complexity index is 221. The Morgan fingerprint density at radius 1 is 1.47 bits per heavy atom. The number of carbonyl (C=O) groups is 1. The van der Waals surface area contributed by atoms with Crippen LogP contribution in [-0.4, -0.2) is 31.8 Å². The fourth-order valence-electron chi connectivity index (χ4n) is 1.74. The third-order valence-corrected chi connectivity index (χ3v) is 2.75. The first kappa shape index (κ1) is 16.1. The van der Waals surface area contributed by atoms with Gasteiger partial charge in [0.2, 0.25) is 0 Å². The molecule has 3 nitrogen and oxygen atoms in total. The summed E-state index contributed by atoms with van der Waals surface area (Å²) in [6.45, 7) is 4.80. The molecule has 0 saturated heterocycles. The summed E-state index contributed by atoms with van der Waals surface area (Å²) in [5.74, 6) is -0.620. The second-order valence-corrected chi connectivity index (χ2v) is 4.09. The Hall–Kier alpha value is -0.900.